The van der Waals surface area contributed by atoms with Gasteiger partial charge in [-0.15, -0.1) is 11.3 Å². The van der Waals surface area contributed by atoms with E-state index in [4.69, 9.17) is 4.74 Å². The van der Waals surface area contributed by atoms with Crippen LogP contribution in [0.15, 0.2) is 23.6 Å². The first-order valence-electron chi connectivity index (χ1n) is 5.19. The molecule has 1 N–H and O–H groups in total. The number of nitrogens with one attached hydrogen (secondary N) is 1. The predicted molar refractivity (Wildman–Crippen MR) is 66.4 cm³/mol. The lowest BCUT2D eigenvalue weighted by Crippen LogP contribution is -2.03. The number of benzene rings is 1. The second kappa shape index (κ2) is 3.85. The molecule has 0 aliphatic carbocycles. The Balaban J connectivity index is 1.99. The molecule has 0 unspecified atom stereocenters. The molecule has 1 amide bonds. The quantitative estimate of drug-likeness (QED) is 0.884. The molecule has 1 aromatic carbocycles. The van der Waals surface area contributed by atoms with Crippen molar-refractivity contribution >= 4 is 22.9 Å². The van der Waals surface area contributed by atoms with Crippen molar-refractivity contribution in [3.8, 4) is 16.5 Å². The Bertz CT molecular complexity index is 592. The number of fused-ring (bicyclic) bond motifs is 1. The van der Waals surface area contributed by atoms with Gasteiger partial charge in [0.2, 0.25) is 11.8 Å². The molecule has 17 heavy (non-hydrogen) atoms. The predicted octanol–water partition coefficient (Wildman–Crippen LogP) is 2.31. The van der Waals surface area contributed by atoms with Crippen molar-refractivity contribution < 1.29 is 9.53 Å². The molecule has 0 saturated carbocycles. The molecule has 1 aromatic heterocycles. The van der Waals surface area contributed by atoms with E-state index in [1.807, 2.05) is 23.6 Å². The van der Waals surface area contributed by atoms with Crippen molar-refractivity contribution in [1.82, 2.24) is 4.98 Å². The van der Waals surface area contributed by atoms with Crippen LogP contribution in [-0.4, -0.2) is 18.0 Å². The van der Waals surface area contributed by atoms with E-state index < -0.39 is 0 Å². The fraction of sp³-hybridized carbons (Fsp3) is 0.167. The topological polar surface area (TPSA) is 51.2 Å². The summed E-state index contributed by atoms with van der Waals surface area (Å²) in [6.45, 7) is 0. The highest BCUT2D eigenvalue weighted by Gasteiger charge is 2.18. The van der Waals surface area contributed by atoms with E-state index >= 15 is 0 Å². The van der Waals surface area contributed by atoms with Gasteiger partial charge in [0, 0.05) is 11.3 Å². The van der Waals surface area contributed by atoms with Crippen molar-refractivity contribution in [2.45, 2.75) is 6.42 Å². The van der Waals surface area contributed by atoms with Crippen molar-refractivity contribution in [3.63, 3.8) is 0 Å². The molecule has 2 heterocycles. The van der Waals surface area contributed by atoms with Gasteiger partial charge < -0.3 is 10.1 Å². The van der Waals surface area contributed by atoms with E-state index in [1.165, 1.54) is 11.3 Å². The Labute approximate surface area is 102 Å². The number of methoxy groups -OCH3 is 1. The zero-order chi connectivity index (χ0) is 11.8. The van der Waals surface area contributed by atoms with Crippen LogP contribution in [0.5, 0.6) is 5.88 Å². The summed E-state index contributed by atoms with van der Waals surface area (Å²) in [6, 6.07) is 5.89. The van der Waals surface area contributed by atoms with E-state index in [0.717, 1.165) is 21.8 Å². The number of carbonyl (C=O) groups is 1. The first kappa shape index (κ1) is 10.3. The normalized spacial score (nSPS) is 13.4. The highest BCUT2D eigenvalue weighted by atomic mass is 32.1. The number of aromatic nitrogens is 1. The molecule has 0 atom stereocenters. The number of carbonyl (C=O) groups excluding carboxylic acids is 1. The van der Waals surface area contributed by atoms with Gasteiger partial charge in [-0.25, -0.2) is 4.98 Å². The molecule has 3 rings (SSSR count). The summed E-state index contributed by atoms with van der Waals surface area (Å²) in [5.41, 5.74) is 2.96. The van der Waals surface area contributed by atoms with Crippen LogP contribution in [0.1, 0.15) is 5.56 Å². The van der Waals surface area contributed by atoms with Crippen LogP contribution in [0.25, 0.3) is 10.6 Å². The highest BCUT2D eigenvalue weighted by Crippen LogP contribution is 2.31. The van der Waals surface area contributed by atoms with Crippen LogP contribution < -0.4 is 10.1 Å². The third-order valence-electron chi connectivity index (χ3n) is 2.67. The lowest BCUT2D eigenvalue weighted by atomic mass is 10.1. The van der Waals surface area contributed by atoms with Gasteiger partial charge in [-0.3, -0.25) is 4.79 Å². The van der Waals surface area contributed by atoms with Gasteiger partial charge in [0.25, 0.3) is 0 Å². The fourth-order valence-corrected chi connectivity index (χ4v) is 2.61. The number of hydrogen-bond acceptors (Lipinski definition) is 4. The minimum Gasteiger partial charge on any atom is -0.480 e. The Morgan fingerprint density at radius 1 is 1.47 bits per heavy atom. The summed E-state index contributed by atoms with van der Waals surface area (Å²) in [4.78, 5) is 15.6. The maximum atomic E-state index is 11.3. The maximum Gasteiger partial charge on any atom is 0.228 e. The van der Waals surface area contributed by atoms with E-state index in [9.17, 15) is 4.79 Å². The molecule has 0 bridgehead atoms. The molecule has 1 aliphatic heterocycles. The third kappa shape index (κ3) is 1.78. The van der Waals surface area contributed by atoms with Gasteiger partial charge in [-0.2, -0.15) is 0 Å². The average molecular weight is 246 g/mol. The monoisotopic (exact) mass is 246 g/mol. The van der Waals surface area contributed by atoms with Crippen molar-refractivity contribution in [1.29, 1.82) is 0 Å². The zero-order valence-electron chi connectivity index (χ0n) is 9.19. The second-order valence-electron chi connectivity index (χ2n) is 3.79. The van der Waals surface area contributed by atoms with Crippen LogP contribution in [-0.2, 0) is 11.2 Å². The lowest BCUT2D eigenvalue weighted by Gasteiger charge is -2.00. The van der Waals surface area contributed by atoms with E-state index in [1.54, 1.807) is 7.11 Å². The molecule has 0 saturated heterocycles. The number of nitrogens with zero attached hydrogens (tertiary/aromatic N) is 1. The van der Waals surface area contributed by atoms with Gasteiger partial charge in [0.15, 0.2) is 0 Å². The van der Waals surface area contributed by atoms with E-state index in [-0.39, 0.29) is 5.91 Å². The molecule has 0 fully saturated rings. The van der Waals surface area contributed by atoms with Crippen molar-refractivity contribution in [2.75, 3.05) is 12.4 Å². The van der Waals surface area contributed by atoms with E-state index in [2.05, 4.69) is 10.3 Å². The van der Waals surface area contributed by atoms with Gasteiger partial charge >= 0.3 is 0 Å². The maximum absolute atomic E-state index is 11.3. The first-order chi connectivity index (χ1) is 8.26. The first-order valence-corrected chi connectivity index (χ1v) is 6.07. The summed E-state index contributed by atoms with van der Waals surface area (Å²) in [6.07, 6.45) is 0.450. The number of ether oxygens (including phenoxy) is 1. The SMILES string of the molecule is COc1csc(-c2ccc3c(c2)CC(=O)N3)n1. The highest BCUT2D eigenvalue weighted by molar-refractivity contribution is 7.13. The molecule has 0 spiro atoms. The Kier molecular flexibility index (Phi) is 2.33. The minimum absolute atomic E-state index is 0.0499. The molecule has 0 radical (unpaired) electrons. The number of thiazole rings is 1. The van der Waals surface area contributed by atoms with Gasteiger partial charge in [0.1, 0.15) is 5.01 Å². The molecule has 4 nitrogen and oxygen atoms in total. The number of anilines is 1. The van der Waals surface area contributed by atoms with Crippen LogP contribution in [0.2, 0.25) is 0 Å². The zero-order valence-corrected chi connectivity index (χ0v) is 10.0. The summed E-state index contributed by atoms with van der Waals surface area (Å²) >= 11 is 1.53. The average Bonchev–Trinajstić information content (AvgIpc) is 2.92. The van der Waals surface area contributed by atoms with Crippen LogP contribution in [0.4, 0.5) is 5.69 Å². The number of hydrogen-bond donors (Lipinski definition) is 1. The Morgan fingerprint density at radius 2 is 2.35 bits per heavy atom. The molecule has 5 heteroatoms. The van der Waals surface area contributed by atoms with Crippen LogP contribution in [0, 0.1) is 0 Å². The molecule has 86 valence electrons. The third-order valence-corrected chi connectivity index (χ3v) is 3.54. The van der Waals surface area contributed by atoms with Gasteiger partial charge in [0.05, 0.1) is 18.9 Å². The minimum atomic E-state index is 0.0499. The standard InChI is InChI=1S/C12H10N2O2S/c1-16-11-6-17-12(14-11)7-2-3-9-8(4-7)5-10(15)13-9/h2-4,6H,5H2,1H3,(H,13,15). The molecule has 2 aromatic rings. The Hall–Kier alpha value is -1.88. The second-order valence-corrected chi connectivity index (χ2v) is 4.65. The molecule has 1 aliphatic rings. The van der Waals surface area contributed by atoms with Gasteiger partial charge in [-0.05, 0) is 23.8 Å². The smallest absolute Gasteiger partial charge is 0.228 e. The largest absolute Gasteiger partial charge is 0.480 e. The van der Waals surface area contributed by atoms with Crippen molar-refractivity contribution in [2.24, 2.45) is 0 Å². The van der Waals surface area contributed by atoms with Gasteiger partial charge in [-0.1, -0.05) is 0 Å². The summed E-state index contributed by atoms with van der Waals surface area (Å²) in [7, 11) is 1.60. The molecular formula is C12H10N2O2S. The summed E-state index contributed by atoms with van der Waals surface area (Å²) in [5.74, 6) is 0.675. The van der Waals surface area contributed by atoms with Crippen LogP contribution in [0.3, 0.4) is 0 Å². The number of rotatable bonds is 2. The van der Waals surface area contributed by atoms with Crippen molar-refractivity contribution in [3.05, 3.63) is 29.1 Å². The fourth-order valence-electron chi connectivity index (χ4n) is 1.85. The summed E-state index contributed by atoms with van der Waals surface area (Å²) < 4.78 is 5.06. The van der Waals surface area contributed by atoms with E-state index in [0.29, 0.717) is 12.3 Å². The van der Waals surface area contributed by atoms with Crippen LogP contribution >= 0.6 is 11.3 Å². The lowest BCUT2D eigenvalue weighted by molar-refractivity contribution is -0.115. The molecular weight excluding hydrogens is 236 g/mol. The number of amides is 1. The summed E-state index contributed by atoms with van der Waals surface area (Å²) in [5, 5.41) is 5.59. The Morgan fingerprint density at radius 3 is 3.12 bits per heavy atom.